The number of hydrogen-bond donors (Lipinski definition) is 0. The minimum absolute atomic E-state index is 0.358. The van der Waals surface area contributed by atoms with Gasteiger partial charge in [0.15, 0.2) is 0 Å². The van der Waals surface area contributed by atoms with Gasteiger partial charge in [-0.15, -0.1) is 11.3 Å². The van der Waals surface area contributed by atoms with Crippen LogP contribution in [0.4, 0.5) is 5.69 Å². The van der Waals surface area contributed by atoms with Crippen molar-refractivity contribution in [3.63, 3.8) is 0 Å². The van der Waals surface area contributed by atoms with Crippen molar-refractivity contribution in [1.82, 2.24) is 4.90 Å². The molecule has 2 rings (SSSR count). The SMILES string of the molecule is COC(=O)c1sc(-c2ccccc2)cc1N=CN(C)C. The molecule has 4 nitrogen and oxygen atoms in total. The molecule has 0 fully saturated rings. The molecule has 0 amide bonds. The zero-order valence-corrected chi connectivity index (χ0v) is 12.5. The molecule has 0 atom stereocenters. The molecule has 0 unspecified atom stereocenters. The first-order valence-electron chi connectivity index (χ1n) is 6.10. The van der Waals surface area contributed by atoms with Crippen LogP contribution in [0.1, 0.15) is 9.67 Å². The fraction of sp³-hybridized carbons (Fsp3) is 0.200. The molecule has 0 aliphatic rings. The number of methoxy groups -OCH3 is 1. The van der Waals surface area contributed by atoms with Crippen LogP contribution in [0.25, 0.3) is 10.4 Å². The lowest BCUT2D eigenvalue weighted by Gasteiger charge is -2.02. The number of aliphatic imine (C=N–C) groups is 1. The summed E-state index contributed by atoms with van der Waals surface area (Å²) >= 11 is 1.39. The Labute approximate surface area is 122 Å². The van der Waals surface area contributed by atoms with Crippen LogP contribution >= 0.6 is 11.3 Å². The molecule has 0 spiro atoms. The molecule has 0 bridgehead atoms. The lowest BCUT2D eigenvalue weighted by atomic mass is 10.2. The van der Waals surface area contributed by atoms with Gasteiger partial charge < -0.3 is 9.64 Å². The summed E-state index contributed by atoms with van der Waals surface area (Å²) in [6.45, 7) is 0. The van der Waals surface area contributed by atoms with Gasteiger partial charge >= 0.3 is 5.97 Å². The summed E-state index contributed by atoms with van der Waals surface area (Å²) in [5, 5.41) is 0. The van der Waals surface area contributed by atoms with Gasteiger partial charge in [0.1, 0.15) is 4.88 Å². The predicted octanol–water partition coefficient (Wildman–Crippen LogP) is 3.42. The van der Waals surface area contributed by atoms with Crippen molar-refractivity contribution < 1.29 is 9.53 Å². The molecule has 0 saturated carbocycles. The Morgan fingerprint density at radius 1 is 1.30 bits per heavy atom. The first-order chi connectivity index (χ1) is 9.61. The van der Waals surface area contributed by atoms with Gasteiger partial charge in [-0.3, -0.25) is 0 Å². The van der Waals surface area contributed by atoms with Crippen LogP contribution in [0.2, 0.25) is 0 Å². The standard InChI is InChI=1S/C15H16N2O2S/c1-17(2)10-16-12-9-13(11-7-5-4-6-8-11)20-14(12)15(18)19-3/h4-10H,1-3H3. The topological polar surface area (TPSA) is 41.9 Å². The number of hydrogen-bond acceptors (Lipinski definition) is 4. The number of ether oxygens (including phenoxy) is 1. The Morgan fingerprint density at radius 2 is 2.00 bits per heavy atom. The summed E-state index contributed by atoms with van der Waals surface area (Å²) in [5.41, 5.74) is 1.70. The minimum Gasteiger partial charge on any atom is -0.465 e. The third-order valence-electron chi connectivity index (χ3n) is 2.57. The van der Waals surface area contributed by atoms with E-state index in [1.807, 2.05) is 55.4 Å². The van der Waals surface area contributed by atoms with E-state index in [9.17, 15) is 4.79 Å². The highest BCUT2D eigenvalue weighted by molar-refractivity contribution is 7.18. The number of esters is 1. The maximum atomic E-state index is 11.8. The highest BCUT2D eigenvalue weighted by Gasteiger charge is 2.17. The van der Waals surface area contributed by atoms with E-state index < -0.39 is 0 Å². The zero-order chi connectivity index (χ0) is 14.5. The fourth-order valence-corrected chi connectivity index (χ4v) is 2.67. The van der Waals surface area contributed by atoms with Crippen molar-refractivity contribution in [2.24, 2.45) is 4.99 Å². The molecule has 0 N–H and O–H groups in total. The number of benzene rings is 1. The number of nitrogens with zero attached hydrogens (tertiary/aromatic N) is 2. The smallest absolute Gasteiger partial charge is 0.350 e. The number of carbonyl (C=O) groups excluding carboxylic acids is 1. The van der Waals surface area contributed by atoms with Gasteiger partial charge in [-0.05, 0) is 11.6 Å². The van der Waals surface area contributed by atoms with Gasteiger partial charge in [0.2, 0.25) is 0 Å². The van der Waals surface area contributed by atoms with Crippen LogP contribution in [0, 0.1) is 0 Å². The Bertz CT molecular complexity index is 618. The van der Waals surface area contributed by atoms with E-state index >= 15 is 0 Å². The van der Waals surface area contributed by atoms with E-state index in [1.165, 1.54) is 18.4 Å². The Balaban J connectivity index is 2.44. The summed E-state index contributed by atoms with van der Waals surface area (Å²) in [5.74, 6) is -0.358. The number of rotatable bonds is 4. The van der Waals surface area contributed by atoms with E-state index in [0.29, 0.717) is 10.6 Å². The monoisotopic (exact) mass is 288 g/mol. The number of thiophene rings is 1. The average Bonchev–Trinajstić information content (AvgIpc) is 2.89. The van der Waals surface area contributed by atoms with Crippen molar-refractivity contribution in [2.75, 3.05) is 21.2 Å². The summed E-state index contributed by atoms with van der Waals surface area (Å²) in [4.78, 5) is 19.5. The maximum Gasteiger partial charge on any atom is 0.350 e. The summed E-state index contributed by atoms with van der Waals surface area (Å²) in [6, 6.07) is 11.8. The number of carbonyl (C=O) groups is 1. The van der Waals surface area contributed by atoms with Crippen LogP contribution in [-0.2, 0) is 4.74 Å². The predicted molar refractivity (Wildman–Crippen MR) is 82.9 cm³/mol. The Kier molecular flexibility index (Phi) is 4.53. The molecule has 1 aromatic carbocycles. The molecule has 104 valence electrons. The zero-order valence-electron chi connectivity index (χ0n) is 11.7. The van der Waals surface area contributed by atoms with Crippen molar-refractivity contribution in [1.29, 1.82) is 0 Å². The van der Waals surface area contributed by atoms with Crippen LogP contribution in [0.3, 0.4) is 0 Å². The summed E-state index contributed by atoms with van der Waals surface area (Å²) in [7, 11) is 5.14. The van der Waals surface area contributed by atoms with Gasteiger partial charge in [0, 0.05) is 19.0 Å². The van der Waals surface area contributed by atoms with Gasteiger partial charge in [-0.1, -0.05) is 30.3 Å². The van der Waals surface area contributed by atoms with Crippen LogP contribution in [-0.4, -0.2) is 38.4 Å². The molecule has 1 heterocycles. The molecule has 0 radical (unpaired) electrons. The molecular formula is C15H16N2O2S. The van der Waals surface area contributed by atoms with E-state index in [0.717, 1.165) is 10.4 Å². The van der Waals surface area contributed by atoms with E-state index in [1.54, 1.807) is 6.34 Å². The summed E-state index contributed by atoms with van der Waals surface area (Å²) < 4.78 is 4.82. The third kappa shape index (κ3) is 3.24. The molecule has 5 heteroatoms. The molecule has 0 aliphatic heterocycles. The largest absolute Gasteiger partial charge is 0.465 e. The molecule has 2 aromatic rings. The molecule has 0 saturated heterocycles. The molecule has 0 aliphatic carbocycles. The molecular weight excluding hydrogens is 272 g/mol. The first kappa shape index (κ1) is 14.3. The first-order valence-corrected chi connectivity index (χ1v) is 6.91. The van der Waals surface area contributed by atoms with Crippen LogP contribution < -0.4 is 0 Å². The van der Waals surface area contributed by atoms with Crippen molar-refractivity contribution in [2.45, 2.75) is 0 Å². The maximum absolute atomic E-state index is 11.8. The summed E-state index contributed by atoms with van der Waals surface area (Å²) in [6.07, 6.45) is 1.67. The van der Waals surface area contributed by atoms with E-state index in [2.05, 4.69) is 4.99 Å². The van der Waals surface area contributed by atoms with Crippen molar-refractivity contribution in [3.05, 3.63) is 41.3 Å². The van der Waals surface area contributed by atoms with Crippen LogP contribution in [0.15, 0.2) is 41.4 Å². The molecule has 1 aromatic heterocycles. The van der Waals surface area contributed by atoms with Gasteiger partial charge in [-0.2, -0.15) is 0 Å². The van der Waals surface area contributed by atoms with Crippen molar-refractivity contribution >= 4 is 29.3 Å². The quantitative estimate of drug-likeness (QED) is 0.492. The second-order valence-corrected chi connectivity index (χ2v) is 5.44. The highest BCUT2D eigenvalue weighted by atomic mass is 32.1. The average molecular weight is 288 g/mol. The minimum atomic E-state index is -0.358. The van der Waals surface area contributed by atoms with Crippen molar-refractivity contribution in [3.8, 4) is 10.4 Å². The third-order valence-corrected chi connectivity index (χ3v) is 3.72. The second-order valence-electron chi connectivity index (χ2n) is 4.39. The lowest BCUT2D eigenvalue weighted by Crippen LogP contribution is -2.07. The molecule has 20 heavy (non-hydrogen) atoms. The highest BCUT2D eigenvalue weighted by Crippen LogP contribution is 2.36. The second kappa shape index (κ2) is 6.34. The normalized spacial score (nSPS) is 10.8. The van der Waals surface area contributed by atoms with Crippen LogP contribution in [0.5, 0.6) is 0 Å². The van der Waals surface area contributed by atoms with E-state index in [4.69, 9.17) is 4.74 Å². The Hall–Kier alpha value is -2.14. The lowest BCUT2D eigenvalue weighted by molar-refractivity contribution is 0.0607. The fourth-order valence-electron chi connectivity index (χ4n) is 1.64. The van der Waals surface area contributed by atoms with Gasteiger partial charge in [-0.25, -0.2) is 9.79 Å². The van der Waals surface area contributed by atoms with Gasteiger partial charge in [0.25, 0.3) is 0 Å². The van der Waals surface area contributed by atoms with E-state index in [-0.39, 0.29) is 5.97 Å². The Morgan fingerprint density at radius 3 is 2.60 bits per heavy atom. The van der Waals surface area contributed by atoms with Gasteiger partial charge in [0.05, 0.1) is 19.1 Å².